The first-order chi connectivity index (χ1) is 14.2. The Morgan fingerprint density at radius 3 is 2.62 bits per heavy atom. The van der Waals surface area contributed by atoms with E-state index in [0.29, 0.717) is 23.2 Å². The van der Waals surface area contributed by atoms with Gasteiger partial charge in [0, 0.05) is 24.5 Å². The Morgan fingerprint density at radius 2 is 1.86 bits per heavy atom. The number of piperidine rings is 1. The van der Waals surface area contributed by atoms with Crippen LogP contribution in [0.4, 0.5) is 0 Å². The van der Waals surface area contributed by atoms with Crippen LogP contribution < -0.4 is 4.74 Å². The highest BCUT2D eigenvalue weighted by Gasteiger charge is 2.48. The van der Waals surface area contributed by atoms with Gasteiger partial charge in [-0.2, -0.15) is 0 Å². The summed E-state index contributed by atoms with van der Waals surface area (Å²) in [7, 11) is 0. The fourth-order valence-electron chi connectivity index (χ4n) is 4.38. The molecule has 1 saturated heterocycles. The van der Waals surface area contributed by atoms with E-state index in [9.17, 15) is 4.79 Å². The zero-order chi connectivity index (χ0) is 19.8. The standard InChI is InChI=1S/C22H21N5O2/c1-14-11-26-20(12-25-14)29-19-10-15-9-18(19)27(13-15)22(28)17-6-3-2-5-16(17)21-23-7-4-8-24-21/h2-8,11-12,15,18-19H,9-10,13H2,1H3. The van der Waals surface area contributed by atoms with Crippen molar-refractivity contribution in [2.24, 2.45) is 5.92 Å². The molecule has 1 aliphatic heterocycles. The fraction of sp³-hybridized carbons (Fsp3) is 0.318. The summed E-state index contributed by atoms with van der Waals surface area (Å²) >= 11 is 0. The van der Waals surface area contributed by atoms with Gasteiger partial charge in [-0.3, -0.25) is 9.78 Å². The lowest BCUT2D eigenvalue weighted by Gasteiger charge is -2.33. The van der Waals surface area contributed by atoms with Crippen molar-refractivity contribution in [1.29, 1.82) is 0 Å². The molecule has 7 heteroatoms. The van der Waals surface area contributed by atoms with Crippen LogP contribution in [-0.4, -0.2) is 49.4 Å². The van der Waals surface area contributed by atoms with E-state index < -0.39 is 0 Å². The van der Waals surface area contributed by atoms with E-state index in [4.69, 9.17) is 4.74 Å². The predicted molar refractivity (Wildman–Crippen MR) is 106 cm³/mol. The first-order valence-electron chi connectivity index (χ1n) is 9.82. The Labute approximate surface area is 168 Å². The van der Waals surface area contributed by atoms with Gasteiger partial charge in [0.1, 0.15) is 6.10 Å². The molecule has 2 bridgehead atoms. The third kappa shape index (κ3) is 3.33. The maximum absolute atomic E-state index is 13.5. The van der Waals surface area contributed by atoms with Gasteiger partial charge in [-0.05, 0) is 37.8 Å². The number of fused-ring (bicyclic) bond motifs is 2. The largest absolute Gasteiger partial charge is 0.471 e. The molecule has 2 aliphatic rings. The van der Waals surface area contributed by atoms with Crippen molar-refractivity contribution < 1.29 is 9.53 Å². The van der Waals surface area contributed by atoms with Gasteiger partial charge in [0.05, 0.1) is 29.7 Å². The number of nitrogens with zero attached hydrogens (tertiary/aromatic N) is 5. The zero-order valence-electron chi connectivity index (χ0n) is 16.1. The number of carbonyl (C=O) groups is 1. The highest BCUT2D eigenvalue weighted by Crippen LogP contribution is 2.40. The summed E-state index contributed by atoms with van der Waals surface area (Å²) in [5.41, 5.74) is 2.23. The number of hydrogen-bond acceptors (Lipinski definition) is 6. The van der Waals surface area contributed by atoms with Crippen LogP contribution in [0.5, 0.6) is 5.88 Å². The van der Waals surface area contributed by atoms with Gasteiger partial charge in [-0.15, -0.1) is 0 Å². The first-order valence-corrected chi connectivity index (χ1v) is 9.82. The normalized spacial score (nSPS) is 22.7. The number of amides is 1. The van der Waals surface area contributed by atoms with Crippen molar-refractivity contribution in [3.63, 3.8) is 0 Å². The molecule has 0 spiro atoms. The van der Waals surface area contributed by atoms with Gasteiger partial charge in [-0.1, -0.05) is 18.2 Å². The smallest absolute Gasteiger partial charge is 0.254 e. The van der Waals surface area contributed by atoms with Crippen LogP contribution in [0.3, 0.4) is 0 Å². The highest BCUT2D eigenvalue weighted by atomic mass is 16.5. The van der Waals surface area contributed by atoms with Crippen molar-refractivity contribution in [2.75, 3.05) is 6.54 Å². The number of likely N-dealkylation sites (tertiary alicyclic amines) is 1. The minimum atomic E-state index is -0.0603. The van der Waals surface area contributed by atoms with Crippen LogP contribution in [0, 0.1) is 12.8 Å². The molecule has 29 heavy (non-hydrogen) atoms. The van der Waals surface area contributed by atoms with Gasteiger partial charge >= 0.3 is 0 Å². The molecule has 0 radical (unpaired) electrons. The molecular weight excluding hydrogens is 366 g/mol. The van der Waals surface area contributed by atoms with Crippen molar-refractivity contribution >= 4 is 5.91 Å². The quantitative estimate of drug-likeness (QED) is 0.685. The Bertz CT molecular complexity index is 1020. The summed E-state index contributed by atoms with van der Waals surface area (Å²) in [6.45, 7) is 2.65. The summed E-state index contributed by atoms with van der Waals surface area (Å²) in [5.74, 6) is 1.53. The van der Waals surface area contributed by atoms with Crippen LogP contribution in [0.25, 0.3) is 11.4 Å². The molecule has 3 atom stereocenters. The van der Waals surface area contributed by atoms with Gasteiger partial charge < -0.3 is 9.64 Å². The fourth-order valence-corrected chi connectivity index (χ4v) is 4.38. The van der Waals surface area contributed by atoms with Crippen molar-refractivity contribution in [1.82, 2.24) is 24.8 Å². The molecule has 7 nitrogen and oxygen atoms in total. The van der Waals surface area contributed by atoms with E-state index in [0.717, 1.165) is 30.6 Å². The van der Waals surface area contributed by atoms with E-state index in [1.165, 1.54) is 0 Å². The monoisotopic (exact) mass is 387 g/mol. The molecule has 0 N–H and O–H groups in total. The molecule has 2 fully saturated rings. The van der Waals surface area contributed by atoms with Crippen LogP contribution in [0.2, 0.25) is 0 Å². The van der Waals surface area contributed by atoms with Gasteiger partial charge in [0.25, 0.3) is 5.91 Å². The summed E-state index contributed by atoms with van der Waals surface area (Å²) in [4.78, 5) is 32.6. The second-order valence-electron chi connectivity index (χ2n) is 7.63. The van der Waals surface area contributed by atoms with Crippen molar-refractivity contribution in [2.45, 2.75) is 31.9 Å². The molecule has 3 aromatic rings. The SMILES string of the molecule is Cc1cnc(OC2CC3CC2N(C(=O)c2ccccc2-c2ncccn2)C3)cn1. The maximum Gasteiger partial charge on any atom is 0.254 e. The molecular formula is C22H21N5O2. The Kier molecular flexibility index (Phi) is 4.42. The minimum Gasteiger partial charge on any atom is -0.471 e. The molecule has 3 heterocycles. The number of benzene rings is 1. The van der Waals surface area contributed by atoms with Gasteiger partial charge in [-0.25, -0.2) is 15.0 Å². The highest BCUT2D eigenvalue weighted by molar-refractivity contribution is 6.00. The van der Waals surface area contributed by atoms with Crippen LogP contribution in [0.1, 0.15) is 28.9 Å². The molecule has 146 valence electrons. The topological polar surface area (TPSA) is 81.1 Å². The molecule has 1 saturated carbocycles. The molecule has 2 aromatic heterocycles. The Hall–Kier alpha value is -3.35. The Balaban J connectivity index is 1.39. The number of aryl methyl sites for hydroxylation is 1. The summed E-state index contributed by atoms with van der Waals surface area (Å²) in [6, 6.07) is 9.34. The number of rotatable bonds is 4. The number of aromatic nitrogens is 4. The zero-order valence-corrected chi connectivity index (χ0v) is 16.1. The van der Waals surface area contributed by atoms with Crippen LogP contribution in [-0.2, 0) is 0 Å². The molecule has 1 aromatic carbocycles. The van der Waals surface area contributed by atoms with E-state index in [1.807, 2.05) is 36.1 Å². The van der Waals surface area contributed by atoms with Gasteiger partial charge in [0.15, 0.2) is 5.82 Å². The van der Waals surface area contributed by atoms with Crippen molar-refractivity contribution in [3.8, 4) is 17.3 Å². The van der Waals surface area contributed by atoms with E-state index >= 15 is 0 Å². The number of carbonyl (C=O) groups excluding carboxylic acids is 1. The molecule has 5 rings (SSSR count). The lowest BCUT2D eigenvalue weighted by molar-refractivity contribution is 0.0466. The molecule has 3 unspecified atom stereocenters. The number of hydrogen-bond donors (Lipinski definition) is 0. The van der Waals surface area contributed by atoms with E-state index in [-0.39, 0.29) is 18.1 Å². The van der Waals surface area contributed by atoms with Crippen LogP contribution in [0.15, 0.2) is 55.1 Å². The Morgan fingerprint density at radius 1 is 1.03 bits per heavy atom. The molecule has 1 amide bonds. The number of ether oxygens (including phenoxy) is 1. The summed E-state index contributed by atoms with van der Waals surface area (Å²) < 4.78 is 6.10. The summed E-state index contributed by atoms with van der Waals surface area (Å²) in [5, 5.41) is 0. The van der Waals surface area contributed by atoms with E-state index in [2.05, 4.69) is 19.9 Å². The third-order valence-electron chi connectivity index (χ3n) is 5.68. The minimum absolute atomic E-state index is 0.00356. The molecule has 1 aliphatic carbocycles. The van der Waals surface area contributed by atoms with Crippen molar-refractivity contribution in [3.05, 3.63) is 66.4 Å². The second kappa shape index (κ2) is 7.24. The average molecular weight is 387 g/mol. The van der Waals surface area contributed by atoms with Gasteiger partial charge in [0.2, 0.25) is 5.88 Å². The second-order valence-corrected chi connectivity index (χ2v) is 7.63. The van der Waals surface area contributed by atoms with E-state index in [1.54, 1.807) is 30.9 Å². The van der Waals surface area contributed by atoms with Crippen LogP contribution >= 0.6 is 0 Å². The first kappa shape index (κ1) is 17.7. The lowest BCUT2D eigenvalue weighted by atomic mass is 10.0. The third-order valence-corrected chi connectivity index (χ3v) is 5.68. The lowest BCUT2D eigenvalue weighted by Crippen LogP contribution is -2.47. The summed E-state index contributed by atoms with van der Waals surface area (Å²) in [6.07, 6.45) is 8.56. The average Bonchev–Trinajstić information content (AvgIpc) is 3.36. The predicted octanol–water partition coefficient (Wildman–Crippen LogP) is 2.92. The maximum atomic E-state index is 13.5.